The van der Waals surface area contributed by atoms with Crippen LogP contribution in [0.15, 0.2) is 34.8 Å². The molecule has 0 saturated carbocycles. The Hall–Kier alpha value is -1.66. The number of anilines is 3. The topological polar surface area (TPSA) is 63.8 Å². The van der Waals surface area contributed by atoms with E-state index in [1.165, 1.54) is 4.88 Å². The lowest BCUT2D eigenvalue weighted by Gasteiger charge is -2.08. The number of para-hydroxylation sites is 1. The largest absolute Gasteiger partial charge is 0.368 e. The summed E-state index contributed by atoms with van der Waals surface area (Å²) >= 11 is 5.12. The van der Waals surface area contributed by atoms with Gasteiger partial charge in [-0.2, -0.15) is 4.98 Å². The summed E-state index contributed by atoms with van der Waals surface area (Å²) in [4.78, 5) is 10.6. The Morgan fingerprint density at radius 1 is 1.26 bits per heavy atom. The Bertz CT molecular complexity index is 753. The number of hydrogen-bond acceptors (Lipinski definition) is 5. The lowest BCUT2D eigenvalue weighted by molar-refractivity contribution is 1.24. The predicted octanol–water partition coefficient (Wildman–Crippen LogP) is 4.09. The first-order valence-electron chi connectivity index (χ1n) is 5.69. The summed E-state index contributed by atoms with van der Waals surface area (Å²) in [5.74, 6) is 1.02. The average Bonchev–Trinajstić information content (AvgIpc) is 2.72. The molecule has 0 bridgehead atoms. The maximum Gasteiger partial charge on any atom is 0.223 e. The number of aromatic nitrogens is 2. The Balaban J connectivity index is 2.12. The zero-order valence-corrected chi connectivity index (χ0v) is 12.5. The molecule has 2 heterocycles. The van der Waals surface area contributed by atoms with Crippen molar-refractivity contribution in [2.45, 2.75) is 6.92 Å². The lowest BCUT2D eigenvalue weighted by Crippen LogP contribution is -2.00. The minimum atomic E-state index is 0.281. The fraction of sp³-hybridized carbons (Fsp3) is 0.0769. The van der Waals surface area contributed by atoms with E-state index in [1.54, 1.807) is 11.3 Å². The van der Waals surface area contributed by atoms with Crippen LogP contribution in [0.2, 0.25) is 0 Å². The van der Waals surface area contributed by atoms with E-state index in [2.05, 4.69) is 37.3 Å². The maximum atomic E-state index is 5.76. The van der Waals surface area contributed by atoms with E-state index in [9.17, 15) is 0 Å². The van der Waals surface area contributed by atoms with E-state index in [0.717, 1.165) is 26.2 Å². The van der Waals surface area contributed by atoms with Gasteiger partial charge in [-0.1, -0.05) is 12.1 Å². The minimum Gasteiger partial charge on any atom is -0.368 e. The number of benzene rings is 1. The molecule has 0 radical (unpaired) electrons. The molecule has 0 aliphatic heterocycles. The van der Waals surface area contributed by atoms with Crippen molar-refractivity contribution in [3.63, 3.8) is 0 Å². The number of aryl methyl sites for hydroxylation is 1. The standard InChI is InChI=1S/C13H11BrN4S/c1-7-6-8-11(17-13(15)18-12(8)19-7)16-10-5-3-2-4-9(10)14/h2-6H,1H3,(H3,15,16,17,18). The van der Waals surface area contributed by atoms with E-state index in [-0.39, 0.29) is 5.95 Å². The molecule has 6 heteroatoms. The summed E-state index contributed by atoms with van der Waals surface area (Å²) in [7, 11) is 0. The number of fused-ring (bicyclic) bond motifs is 1. The van der Waals surface area contributed by atoms with Crippen molar-refractivity contribution in [2.75, 3.05) is 11.1 Å². The number of rotatable bonds is 2. The third-order valence-corrected chi connectivity index (χ3v) is 4.30. The van der Waals surface area contributed by atoms with Crippen molar-refractivity contribution < 1.29 is 0 Å². The molecule has 0 saturated heterocycles. The molecule has 3 N–H and O–H groups in total. The van der Waals surface area contributed by atoms with Gasteiger partial charge in [0.25, 0.3) is 0 Å². The normalized spacial score (nSPS) is 10.8. The van der Waals surface area contributed by atoms with Crippen LogP contribution in [0.25, 0.3) is 10.2 Å². The van der Waals surface area contributed by atoms with E-state index in [0.29, 0.717) is 0 Å². The SMILES string of the molecule is Cc1cc2c(Nc3ccccc3Br)nc(N)nc2s1. The van der Waals surface area contributed by atoms with Crippen LogP contribution in [0.4, 0.5) is 17.5 Å². The molecular formula is C13H11BrN4S. The quantitative estimate of drug-likeness (QED) is 0.740. The first kappa shape index (κ1) is 12.4. The van der Waals surface area contributed by atoms with Gasteiger partial charge in [0.2, 0.25) is 5.95 Å². The second-order valence-electron chi connectivity index (χ2n) is 4.11. The maximum absolute atomic E-state index is 5.76. The van der Waals surface area contributed by atoms with Crippen molar-refractivity contribution in [3.05, 3.63) is 39.7 Å². The van der Waals surface area contributed by atoms with Gasteiger partial charge in [0.1, 0.15) is 10.6 Å². The van der Waals surface area contributed by atoms with Crippen LogP contribution < -0.4 is 11.1 Å². The first-order chi connectivity index (χ1) is 9.13. The van der Waals surface area contributed by atoms with Gasteiger partial charge in [0.15, 0.2) is 0 Å². The smallest absolute Gasteiger partial charge is 0.223 e. The molecule has 3 rings (SSSR count). The van der Waals surface area contributed by atoms with Gasteiger partial charge in [0.05, 0.1) is 11.1 Å². The van der Waals surface area contributed by atoms with Crippen LogP contribution in [-0.4, -0.2) is 9.97 Å². The molecule has 0 aliphatic carbocycles. The predicted molar refractivity (Wildman–Crippen MR) is 84.0 cm³/mol. The van der Waals surface area contributed by atoms with Gasteiger partial charge in [0, 0.05) is 9.35 Å². The molecule has 0 amide bonds. The zero-order chi connectivity index (χ0) is 13.4. The molecule has 0 spiro atoms. The molecule has 2 aromatic heterocycles. The van der Waals surface area contributed by atoms with Crippen LogP contribution in [-0.2, 0) is 0 Å². The second-order valence-corrected chi connectivity index (χ2v) is 6.20. The van der Waals surface area contributed by atoms with Crippen molar-refractivity contribution in [1.82, 2.24) is 9.97 Å². The minimum absolute atomic E-state index is 0.281. The highest BCUT2D eigenvalue weighted by atomic mass is 79.9. The van der Waals surface area contributed by atoms with Crippen molar-refractivity contribution in [2.24, 2.45) is 0 Å². The summed E-state index contributed by atoms with van der Waals surface area (Å²) < 4.78 is 0.979. The van der Waals surface area contributed by atoms with Crippen LogP contribution in [0.3, 0.4) is 0 Å². The second kappa shape index (κ2) is 4.79. The average molecular weight is 335 g/mol. The molecule has 3 aromatic rings. The number of nitrogens with one attached hydrogen (secondary N) is 1. The Morgan fingerprint density at radius 2 is 2.05 bits per heavy atom. The third-order valence-electron chi connectivity index (χ3n) is 2.66. The molecule has 0 fully saturated rings. The van der Waals surface area contributed by atoms with Gasteiger partial charge in [-0.25, -0.2) is 4.98 Å². The van der Waals surface area contributed by atoms with E-state index < -0.39 is 0 Å². The highest BCUT2D eigenvalue weighted by Gasteiger charge is 2.10. The summed E-state index contributed by atoms with van der Waals surface area (Å²) in [6.45, 7) is 2.05. The summed E-state index contributed by atoms with van der Waals surface area (Å²) in [5.41, 5.74) is 6.71. The number of halogens is 1. The summed E-state index contributed by atoms with van der Waals surface area (Å²) in [6.07, 6.45) is 0. The van der Waals surface area contributed by atoms with Gasteiger partial charge in [-0.3, -0.25) is 0 Å². The molecule has 0 aliphatic rings. The monoisotopic (exact) mass is 334 g/mol. The first-order valence-corrected chi connectivity index (χ1v) is 7.29. The number of nitrogen functional groups attached to an aromatic ring is 1. The molecule has 19 heavy (non-hydrogen) atoms. The van der Waals surface area contributed by atoms with Crippen LogP contribution in [0.5, 0.6) is 0 Å². The number of nitrogens with zero attached hydrogens (tertiary/aromatic N) is 2. The molecule has 1 aromatic carbocycles. The fourth-order valence-electron chi connectivity index (χ4n) is 1.84. The van der Waals surface area contributed by atoms with Crippen LogP contribution >= 0.6 is 27.3 Å². The third kappa shape index (κ3) is 2.41. The lowest BCUT2D eigenvalue weighted by atomic mass is 10.3. The number of hydrogen-bond donors (Lipinski definition) is 2. The zero-order valence-electron chi connectivity index (χ0n) is 10.1. The van der Waals surface area contributed by atoms with Crippen molar-refractivity contribution in [3.8, 4) is 0 Å². The van der Waals surface area contributed by atoms with Gasteiger partial charge in [-0.05, 0) is 41.1 Å². The number of nitrogens with two attached hydrogens (primary N) is 1. The molecule has 0 unspecified atom stereocenters. The molecule has 0 atom stereocenters. The highest BCUT2D eigenvalue weighted by Crippen LogP contribution is 2.32. The van der Waals surface area contributed by atoms with Crippen LogP contribution in [0, 0.1) is 6.92 Å². The van der Waals surface area contributed by atoms with Crippen molar-refractivity contribution in [1.29, 1.82) is 0 Å². The molecule has 96 valence electrons. The highest BCUT2D eigenvalue weighted by molar-refractivity contribution is 9.10. The summed E-state index contributed by atoms with van der Waals surface area (Å²) in [6, 6.07) is 9.96. The molecular weight excluding hydrogens is 324 g/mol. The van der Waals surface area contributed by atoms with E-state index in [4.69, 9.17) is 5.73 Å². The molecule has 4 nitrogen and oxygen atoms in total. The summed E-state index contributed by atoms with van der Waals surface area (Å²) in [5, 5.41) is 4.29. The van der Waals surface area contributed by atoms with Gasteiger partial charge in [-0.15, -0.1) is 11.3 Å². The van der Waals surface area contributed by atoms with Crippen LogP contribution in [0.1, 0.15) is 4.88 Å². The van der Waals surface area contributed by atoms with E-state index in [1.807, 2.05) is 31.2 Å². The van der Waals surface area contributed by atoms with Gasteiger partial charge < -0.3 is 11.1 Å². The Morgan fingerprint density at radius 3 is 2.84 bits per heavy atom. The fourth-order valence-corrected chi connectivity index (χ4v) is 3.11. The van der Waals surface area contributed by atoms with E-state index >= 15 is 0 Å². The van der Waals surface area contributed by atoms with Crippen molar-refractivity contribution >= 4 is 54.9 Å². The van der Waals surface area contributed by atoms with Gasteiger partial charge >= 0.3 is 0 Å². The Labute approximate surface area is 122 Å². The number of thiophene rings is 1. The Kier molecular flexibility index (Phi) is 3.12.